The SMILES string of the molecule is C[C@@H]1CCC[C@H](C)N1CC#C[C@](O)(c1ccccc1)C1CCCC1. The lowest BCUT2D eigenvalue weighted by Gasteiger charge is -2.37. The van der Waals surface area contributed by atoms with E-state index in [2.05, 4.69) is 30.6 Å². The van der Waals surface area contributed by atoms with Gasteiger partial charge < -0.3 is 5.11 Å². The van der Waals surface area contributed by atoms with E-state index in [9.17, 15) is 5.11 Å². The van der Waals surface area contributed by atoms with E-state index >= 15 is 0 Å². The fourth-order valence-corrected chi connectivity index (χ4v) is 4.50. The maximum atomic E-state index is 11.5. The molecule has 2 heteroatoms. The van der Waals surface area contributed by atoms with Gasteiger partial charge >= 0.3 is 0 Å². The van der Waals surface area contributed by atoms with Gasteiger partial charge in [-0.1, -0.05) is 61.4 Å². The second-order valence-electron chi connectivity index (χ2n) is 7.72. The normalized spacial score (nSPS) is 28.1. The topological polar surface area (TPSA) is 23.5 Å². The van der Waals surface area contributed by atoms with Gasteiger partial charge in [0.15, 0.2) is 5.60 Å². The Morgan fingerprint density at radius 2 is 1.62 bits per heavy atom. The van der Waals surface area contributed by atoms with Crippen LogP contribution in [-0.4, -0.2) is 28.6 Å². The highest BCUT2D eigenvalue weighted by Gasteiger charge is 2.38. The molecule has 1 N–H and O–H groups in total. The van der Waals surface area contributed by atoms with Crippen LogP contribution in [0.4, 0.5) is 0 Å². The lowest BCUT2D eigenvalue weighted by atomic mass is 9.80. The molecule has 0 aromatic heterocycles. The molecule has 1 aliphatic carbocycles. The average molecular weight is 325 g/mol. The smallest absolute Gasteiger partial charge is 0.153 e. The summed E-state index contributed by atoms with van der Waals surface area (Å²) in [5, 5.41) is 11.5. The first-order valence-corrected chi connectivity index (χ1v) is 9.65. The summed E-state index contributed by atoms with van der Waals surface area (Å²) in [4.78, 5) is 2.50. The third-order valence-electron chi connectivity index (χ3n) is 6.08. The van der Waals surface area contributed by atoms with E-state index in [-0.39, 0.29) is 5.92 Å². The van der Waals surface area contributed by atoms with Gasteiger partial charge in [0.05, 0.1) is 6.54 Å². The number of piperidine rings is 1. The highest BCUT2D eigenvalue weighted by Crippen LogP contribution is 2.40. The van der Waals surface area contributed by atoms with Crippen LogP contribution in [0.15, 0.2) is 30.3 Å². The Kier molecular flexibility index (Phi) is 5.64. The number of hydrogen-bond acceptors (Lipinski definition) is 2. The summed E-state index contributed by atoms with van der Waals surface area (Å²) in [5.74, 6) is 6.93. The quantitative estimate of drug-likeness (QED) is 0.836. The number of aliphatic hydroxyl groups is 1. The van der Waals surface area contributed by atoms with Gasteiger partial charge in [-0.05, 0) is 45.1 Å². The highest BCUT2D eigenvalue weighted by atomic mass is 16.3. The molecule has 1 aromatic rings. The van der Waals surface area contributed by atoms with Crippen molar-refractivity contribution in [1.29, 1.82) is 0 Å². The van der Waals surface area contributed by atoms with Gasteiger partial charge in [0.2, 0.25) is 0 Å². The second kappa shape index (κ2) is 7.72. The van der Waals surface area contributed by atoms with E-state index in [0.29, 0.717) is 12.1 Å². The molecule has 1 saturated heterocycles. The first kappa shape index (κ1) is 17.5. The Morgan fingerprint density at radius 3 is 2.25 bits per heavy atom. The van der Waals surface area contributed by atoms with Crippen LogP contribution in [0.1, 0.15) is 64.4 Å². The third kappa shape index (κ3) is 3.68. The number of benzene rings is 1. The molecule has 2 aliphatic rings. The maximum absolute atomic E-state index is 11.5. The summed E-state index contributed by atoms with van der Waals surface area (Å²) in [6, 6.07) is 11.3. The van der Waals surface area contributed by atoms with Gasteiger partial charge in [0.1, 0.15) is 0 Å². The summed E-state index contributed by atoms with van der Waals surface area (Å²) in [6.07, 6.45) is 8.42. The number of rotatable bonds is 3. The highest BCUT2D eigenvalue weighted by molar-refractivity contribution is 5.33. The molecule has 3 atom stereocenters. The lowest BCUT2D eigenvalue weighted by molar-refractivity contribution is 0.0365. The molecule has 130 valence electrons. The van der Waals surface area contributed by atoms with Crippen molar-refractivity contribution in [3.05, 3.63) is 35.9 Å². The molecule has 0 unspecified atom stereocenters. The summed E-state index contributed by atoms with van der Waals surface area (Å²) in [5.41, 5.74) is -0.0239. The lowest BCUT2D eigenvalue weighted by Crippen LogP contribution is -2.44. The first-order valence-electron chi connectivity index (χ1n) is 9.65. The summed E-state index contributed by atoms with van der Waals surface area (Å²) < 4.78 is 0. The van der Waals surface area contributed by atoms with Gasteiger partial charge in [-0.2, -0.15) is 0 Å². The molecular weight excluding hydrogens is 294 g/mol. The molecule has 0 bridgehead atoms. The van der Waals surface area contributed by atoms with Crippen LogP contribution < -0.4 is 0 Å². The van der Waals surface area contributed by atoms with Crippen molar-refractivity contribution >= 4 is 0 Å². The van der Waals surface area contributed by atoms with Gasteiger partial charge in [-0.25, -0.2) is 0 Å². The van der Waals surface area contributed by atoms with Crippen LogP contribution in [0.25, 0.3) is 0 Å². The number of likely N-dealkylation sites (tertiary alicyclic amines) is 1. The fourth-order valence-electron chi connectivity index (χ4n) is 4.50. The van der Waals surface area contributed by atoms with E-state index in [1.54, 1.807) is 0 Å². The Bertz CT molecular complexity index is 571. The van der Waals surface area contributed by atoms with E-state index in [1.165, 1.54) is 32.1 Å². The molecule has 0 radical (unpaired) electrons. The van der Waals surface area contributed by atoms with E-state index in [1.807, 2.05) is 30.3 Å². The maximum Gasteiger partial charge on any atom is 0.153 e. The summed E-state index contributed by atoms with van der Waals surface area (Å²) >= 11 is 0. The van der Waals surface area contributed by atoms with Crippen LogP contribution in [0.5, 0.6) is 0 Å². The molecule has 24 heavy (non-hydrogen) atoms. The van der Waals surface area contributed by atoms with Gasteiger partial charge in [-0.3, -0.25) is 4.90 Å². The minimum atomic E-state index is -0.986. The van der Waals surface area contributed by atoms with E-state index < -0.39 is 5.60 Å². The largest absolute Gasteiger partial charge is 0.373 e. The van der Waals surface area contributed by atoms with Crippen LogP contribution in [0.3, 0.4) is 0 Å². The molecule has 1 aromatic carbocycles. The molecule has 0 spiro atoms. The first-order chi connectivity index (χ1) is 11.6. The zero-order chi connectivity index (χ0) is 17.0. The summed E-state index contributed by atoms with van der Waals surface area (Å²) in [6.45, 7) is 5.37. The minimum Gasteiger partial charge on any atom is -0.373 e. The average Bonchev–Trinajstić information content (AvgIpc) is 3.13. The molecule has 1 heterocycles. The monoisotopic (exact) mass is 325 g/mol. The van der Waals surface area contributed by atoms with E-state index in [0.717, 1.165) is 24.9 Å². The van der Waals surface area contributed by atoms with Crippen molar-refractivity contribution < 1.29 is 5.11 Å². The van der Waals surface area contributed by atoms with Crippen LogP contribution >= 0.6 is 0 Å². The van der Waals surface area contributed by atoms with Crippen molar-refractivity contribution in [2.24, 2.45) is 5.92 Å². The van der Waals surface area contributed by atoms with Crippen molar-refractivity contribution in [3.63, 3.8) is 0 Å². The van der Waals surface area contributed by atoms with Crippen molar-refractivity contribution in [2.45, 2.75) is 76.5 Å². The molecular formula is C22H31NO. The van der Waals surface area contributed by atoms with Crippen molar-refractivity contribution in [1.82, 2.24) is 4.90 Å². The Balaban J connectivity index is 1.80. The molecule has 1 aliphatic heterocycles. The van der Waals surface area contributed by atoms with Gasteiger partial charge in [0.25, 0.3) is 0 Å². The molecule has 3 rings (SSSR count). The zero-order valence-corrected chi connectivity index (χ0v) is 15.2. The Labute approximate surface area is 147 Å². The Hall–Kier alpha value is -1.30. The number of hydrogen-bond donors (Lipinski definition) is 1. The molecule has 1 saturated carbocycles. The fraction of sp³-hybridized carbons (Fsp3) is 0.636. The van der Waals surface area contributed by atoms with Crippen molar-refractivity contribution in [2.75, 3.05) is 6.54 Å². The predicted molar refractivity (Wildman–Crippen MR) is 99.6 cm³/mol. The Morgan fingerprint density at radius 1 is 1.00 bits per heavy atom. The van der Waals surface area contributed by atoms with Gasteiger partial charge in [-0.15, -0.1) is 0 Å². The van der Waals surface area contributed by atoms with Gasteiger partial charge in [0, 0.05) is 18.0 Å². The van der Waals surface area contributed by atoms with E-state index in [4.69, 9.17) is 0 Å². The van der Waals surface area contributed by atoms with Crippen LogP contribution in [0.2, 0.25) is 0 Å². The minimum absolute atomic E-state index is 0.267. The third-order valence-corrected chi connectivity index (χ3v) is 6.08. The van der Waals surface area contributed by atoms with Crippen molar-refractivity contribution in [3.8, 4) is 11.8 Å². The predicted octanol–water partition coefficient (Wildman–Crippen LogP) is 4.33. The van der Waals surface area contributed by atoms with Crippen LogP contribution in [0, 0.1) is 17.8 Å². The molecule has 2 fully saturated rings. The standard InChI is InChI=1S/C22H31NO/c1-18-10-8-11-19(2)23(18)17-9-16-22(24,21-14-6-7-15-21)20-12-4-3-5-13-20/h3-5,12-13,18-19,21,24H,6-8,10-11,14-15,17H2,1-2H3/t18-,19+,22-/m0/s1. The van der Waals surface area contributed by atoms with Crippen LogP contribution in [-0.2, 0) is 5.60 Å². The second-order valence-corrected chi connectivity index (χ2v) is 7.72. The molecule has 0 amide bonds. The molecule has 2 nitrogen and oxygen atoms in total. The zero-order valence-electron chi connectivity index (χ0n) is 15.2. The summed E-state index contributed by atoms with van der Waals surface area (Å²) in [7, 11) is 0. The number of nitrogens with zero attached hydrogens (tertiary/aromatic N) is 1.